The molecular weight excluding hydrogens is 396 g/mol. The maximum Gasteiger partial charge on any atom is 0.119 e. The second-order valence-corrected chi connectivity index (χ2v) is 8.56. The smallest absolute Gasteiger partial charge is 0.119 e. The largest absolute Gasteiger partial charge is 0.494 e. The van der Waals surface area contributed by atoms with Gasteiger partial charge in [-0.1, -0.05) is 18.2 Å². The summed E-state index contributed by atoms with van der Waals surface area (Å²) in [4.78, 5) is 0. The first-order valence-electron chi connectivity index (χ1n) is 11.1. The molecule has 0 spiro atoms. The number of aliphatic hydroxyl groups is 4. The third kappa shape index (κ3) is 4.23. The molecule has 1 saturated heterocycles. The molecule has 0 unspecified atom stereocenters. The van der Waals surface area contributed by atoms with E-state index in [9.17, 15) is 20.4 Å². The number of hydrogen-bond donors (Lipinski definition) is 4. The van der Waals surface area contributed by atoms with E-state index in [2.05, 4.69) is 18.2 Å². The lowest BCUT2D eigenvalue weighted by Gasteiger charge is -2.41. The van der Waals surface area contributed by atoms with Crippen LogP contribution in [0.25, 0.3) is 0 Å². The second kappa shape index (κ2) is 9.27. The van der Waals surface area contributed by atoms with Gasteiger partial charge in [0.15, 0.2) is 0 Å². The minimum atomic E-state index is -1.38. The van der Waals surface area contributed by atoms with E-state index in [0.717, 1.165) is 42.6 Å². The first-order valence-corrected chi connectivity index (χ1v) is 11.1. The zero-order valence-corrected chi connectivity index (χ0v) is 18.1. The molecule has 1 fully saturated rings. The lowest BCUT2D eigenvalue weighted by atomic mass is 9.84. The standard InChI is InChI=1S/C25H32O6/c1-3-30-17-9-7-15(8-10-17)11-16-12-20(14(2)18-5-4-6-19(16)18)25-24(29)23(28)22(27)21(13-26)31-25/h7-10,12,21-29H,3-6,11,13H2,1-2H3/t21-,22+,23+,24+,25+/m1/s1. The van der Waals surface area contributed by atoms with Crippen LogP contribution in [0.3, 0.4) is 0 Å². The Morgan fingerprint density at radius 3 is 2.39 bits per heavy atom. The quantitative estimate of drug-likeness (QED) is 0.562. The van der Waals surface area contributed by atoms with Crippen molar-refractivity contribution in [2.24, 2.45) is 0 Å². The summed E-state index contributed by atoms with van der Waals surface area (Å²) >= 11 is 0. The number of rotatable bonds is 6. The Morgan fingerprint density at radius 1 is 1.00 bits per heavy atom. The number of benzene rings is 2. The van der Waals surface area contributed by atoms with Crippen LogP contribution in [-0.4, -0.2) is 58.1 Å². The third-order valence-electron chi connectivity index (χ3n) is 6.65. The first kappa shape index (κ1) is 22.2. The van der Waals surface area contributed by atoms with Crippen LogP contribution in [0.15, 0.2) is 30.3 Å². The van der Waals surface area contributed by atoms with Gasteiger partial charge in [-0.05, 0) is 85.0 Å². The summed E-state index contributed by atoms with van der Waals surface area (Å²) in [6.45, 7) is 4.20. The molecule has 2 aromatic carbocycles. The van der Waals surface area contributed by atoms with Gasteiger partial charge in [0.2, 0.25) is 0 Å². The molecule has 168 valence electrons. The fourth-order valence-corrected chi connectivity index (χ4v) is 4.97. The molecule has 31 heavy (non-hydrogen) atoms. The van der Waals surface area contributed by atoms with Crippen molar-refractivity contribution < 1.29 is 29.9 Å². The van der Waals surface area contributed by atoms with Crippen LogP contribution in [0.4, 0.5) is 0 Å². The second-order valence-electron chi connectivity index (χ2n) is 8.56. The van der Waals surface area contributed by atoms with Gasteiger partial charge in [-0.15, -0.1) is 0 Å². The summed E-state index contributed by atoms with van der Waals surface area (Å²) < 4.78 is 11.4. The van der Waals surface area contributed by atoms with E-state index >= 15 is 0 Å². The van der Waals surface area contributed by atoms with E-state index in [4.69, 9.17) is 9.47 Å². The van der Waals surface area contributed by atoms with Crippen LogP contribution in [0.1, 0.15) is 52.8 Å². The summed E-state index contributed by atoms with van der Waals surface area (Å²) in [5, 5.41) is 40.7. The molecule has 4 rings (SSSR count). The summed E-state index contributed by atoms with van der Waals surface area (Å²) in [5.41, 5.74) is 6.89. The predicted molar refractivity (Wildman–Crippen MR) is 116 cm³/mol. The maximum atomic E-state index is 10.7. The van der Waals surface area contributed by atoms with Crippen molar-refractivity contribution in [3.63, 3.8) is 0 Å². The summed E-state index contributed by atoms with van der Waals surface area (Å²) in [7, 11) is 0. The SMILES string of the molecule is CCOc1ccc(Cc2cc([C@@H]3O[C@H](CO)[C@H](O)[C@H](O)[C@@H]3O)c(C)c3c2CCC3)cc1. The lowest BCUT2D eigenvalue weighted by Crippen LogP contribution is -2.55. The summed E-state index contributed by atoms with van der Waals surface area (Å²) in [6, 6.07) is 10.2. The number of aliphatic hydroxyl groups excluding tert-OH is 4. The van der Waals surface area contributed by atoms with Gasteiger partial charge >= 0.3 is 0 Å². The Hall–Kier alpha value is -1.96. The van der Waals surface area contributed by atoms with Crippen LogP contribution >= 0.6 is 0 Å². The van der Waals surface area contributed by atoms with Gasteiger partial charge in [-0.3, -0.25) is 0 Å². The molecule has 0 bridgehead atoms. The van der Waals surface area contributed by atoms with Crippen molar-refractivity contribution in [3.8, 4) is 5.75 Å². The van der Waals surface area contributed by atoms with E-state index in [1.807, 2.05) is 26.0 Å². The first-order chi connectivity index (χ1) is 14.9. The van der Waals surface area contributed by atoms with Crippen LogP contribution < -0.4 is 4.74 Å². The van der Waals surface area contributed by atoms with Crippen LogP contribution in [0, 0.1) is 6.92 Å². The number of hydrogen-bond acceptors (Lipinski definition) is 6. The molecule has 0 saturated carbocycles. The van der Waals surface area contributed by atoms with E-state index < -0.39 is 37.1 Å². The molecule has 6 heteroatoms. The highest BCUT2D eigenvalue weighted by molar-refractivity contribution is 5.50. The molecule has 1 heterocycles. The molecule has 1 aliphatic heterocycles. The van der Waals surface area contributed by atoms with Crippen molar-refractivity contribution in [1.29, 1.82) is 0 Å². The molecule has 0 aromatic heterocycles. The lowest BCUT2D eigenvalue weighted by molar-refractivity contribution is -0.231. The average Bonchev–Trinajstić information content (AvgIpc) is 3.27. The minimum absolute atomic E-state index is 0.426. The van der Waals surface area contributed by atoms with Crippen molar-refractivity contribution in [2.45, 2.75) is 70.1 Å². The highest BCUT2D eigenvalue weighted by Crippen LogP contribution is 2.39. The zero-order valence-electron chi connectivity index (χ0n) is 18.1. The van der Waals surface area contributed by atoms with Crippen LogP contribution in [0.2, 0.25) is 0 Å². The molecule has 0 radical (unpaired) electrons. The molecule has 6 nitrogen and oxygen atoms in total. The molecule has 4 N–H and O–H groups in total. The van der Waals surface area contributed by atoms with E-state index in [1.165, 1.54) is 22.3 Å². The third-order valence-corrected chi connectivity index (χ3v) is 6.65. The molecule has 5 atom stereocenters. The van der Waals surface area contributed by atoms with Gasteiger partial charge in [0.05, 0.1) is 13.2 Å². The number of ether oxygens (including phenoxy) is 2. The van der Waals surface area contributed by atoms with Crippen LogP contribution in [0.5, 0.6) is 5.75 Å². The van der Waals surface area contributed by atoms with E-state index in [0.29, 0.717) is 6.61 Å². The molecule has 1 aliphatic carbocycles. The van der Waals surface area contributed by atoms with Gasteiger partial charge < -0.3 is 29.9 Å². The zero-order chi connectivity index (χ0) is 22.1. The molecule has 0 amide bonds. The average molecular weight is 429 g/mol. The highest BCUT2D eigenvalue weighted by atomic mass is 16.5. The van der Waals surface area contributed by atoms with Gasteiger partial charge in [0.25, 0.3) is 0 Å². The summed E-state index contributed by atoms with van der Waals surface area (Å²) in [5.74, 6) is 0.849. The monoisotopic (exact) mass is 428 g/mol. The van der Waals surface area contributed by atoms with Crippen molar-refractivity contribution in [2.75, 3.05) is 13.2 Å². The summed E-state index contributed by atoms with van der Waals surface area (Å²) in [6.07, 6.45) is -1.88. The topological polar surface area (TPSA) is 99.4 Å². The normalized spacial score (nSPS) is 27.9. The fraction of sp³-hybridized carbons (Fsp3) is 0.520. The van der Waals surface area contributed by atoms with Gasteiger partial charge in [-0.25, -0.2) is 0 Å². The molecule has 2 aromatic rings. The van der Waals surface area contributed by atoms with Crippen LogP contribution in [-0.2, 0) is 24.0 Å². The van der Waals surface area contributed by atoms with Gasteiger partial charge in [0, 0.05) is 0 Å². The Balaban J connectivity index is 1.69. The Morgan fingerprint density at radius 2 is 1.71 bits per heavy atom. The van der Waals surface area contributed by atoms with Gasteiger partial charge in [0.1, 0.15) is 36.3 Å². The van der Waals surface area contributed by atoms with E-state index in [-0.39, 0.29) is 0 Å². The highest BCUT2D eigenvalue weighted by Gasteiger charge is 2.44. The Kier molecular flexibility index (Phi) is 6.65. The minimum Gasteiger partial charge on any atom is -0.494 e. The Labute approximate surface area is 183 Å². The maximum absolute atomic E-state index is 10.7. The van der Waals surface area contributed by atoms with Gasteiger partial charge in [-0.2, -0.15) is 0 Å². The van der Waals surface area contributed by atoms with Crippen molar-refractivity contribution in [1.82, 2.24) is 0 Å². The molecule has 2 aliphatic rings. The Bertz CT molecular complexity index is 907. The van der Waals surface area contributed by atoms with Crippen molar-refractivity contribution in [3.05, 3.63) is 63.7 Å². The molecular formula is C25H32O6. The van der Waals surface area contributed by atoms with E-state index in [1.54, 1.807) is 0 Å². The number of fused-ring (bicyclic) bond motifs is 1. The predicted octanol–water partition coefficient (Wildman–Crippen LogP) is 1.99. The fourth-order valence-electron chi connectivity index (χ4n) is 4.97. The van der Waals surface area contributed by atoms with Crippen molar-refractivity contribution >= 4 is 0 Å².